The fourth-order valence-electron chi connectivity index (χ4n) is 1.35. The molecule has 0 aliphatic rings. The van der Waals surface area contributed by atoms with Crippen LogP contribution in [0.3, 0.4) is 0 Å². The molecule has 0 radical (unpaired) electrons. The third-order valence-electron chi connectivity index (χ3n) is 3.00. The van der Waals surface area contributed by atoms with E-state index < -0.39 is 11.5 Å². The minimum Gasteiger partial charge on any atom is -0.480 e. The fraction of sp³-hybridized carbons (Fsp3) is 0.385. The van der Waals surface area contributed by atoms with Crippen LogP contribution in [0.25, 0.3) is 0 Å². The smallest absolute Gasteiger partial charge is 0.329 e. The van der Waals surface area contributed by atoms with E-state index in [-0.39, 0.29) is 12.3 Å². The van der Waals surface area contributed by atoms with Gasteiger partial charge in [-0.05, 0) is 31.5 Å². The van der Waals surface area contributed by atoms with Gasteiger partial charge in [-0.2, -0.15) is 0 Å². The van der Waals surface area contributed by atoms with Crippen molar-refractivity contribution in [2.24, 2.45) is 0 Å². The largest absolute Gasteiger partial charge is 0.480 e. The van der Waals surface area contributed by atoms with Crippen molar-refractivity contribution in [2.45, 2.75) is 25.8 Å². The van der Waals surface area contributed by atoms with Crippen molar-refractivity contribution in [3.05, 3.63) is 34.9 Å². The monoisotopic (exact) mass is 269 g/mol. The number of hydrogen-bond acceptors (Lipinski definition) is 2. The summed E-state index contributed by atoms with van der Waals surface area (Å²) >= 11 is 5.75. The Hall–Kier alpha value is -1.55. The standard InChI is InChI=1S/C13H16ClNO3/c1-13(2,12(17)18)15(3)11(16)8-9-4-6-10(14)7-5-9/h4-7H,8H2,1-3H3,(H,17,18). The molecule has 0 aliphatic heterocycles. The maximum absolute atomic E-state index is 12.0. The first-order chi connectivity index (χ1) is 8.25. The van der Waals surface area contributed by atoms with Gasteiger partial charge < -0.3 is 10.0 Å². The predicted octanol–water partition coefficient (Wildman–Crippen LogP) is 2.20. The number of nitrogens with zero attached hydrogens (tertiary/aromatic N) is 1. The second kappa shape index (κ2) is 5.40. The zero-order chi connectivity index (χ0) is 13.9. The van der Waals surface area contributed by atoms with Gasteiger partial charge in [0, 0.05) is 12.1 Å². The molecule has 1 aromatic rings. The van der Waals surface area contributed by atoms with E-state index in [4.69, 9.17) is 16.7 Å². The van der Waals surface area contributed by atoms with Gasteiger partial charge in [0.15, 0.2) is 0 Å². The van der Waals surface area contributed by atoms with Gasteiger partial charge in [0.05, 0.1) is 6.42 Å². The summed E-state index contributed by atoms with van der Waals surface area (Å²) in [7, 11) is 1.49. The molecule has 0 spiro atoms. The molecule has 4 nitrogen and oxygen atoms in total. The van der Waals surface area contributed by atoms with Crippen LogP contribution < -0.4 is 0 Å². The molecule has 0 saturated carbocycles. The molecule has 0 aliphatic carbocycles. The fourth-order valence-corrected chi connectivity index (χ4v) is 1.48. The van der Waals surface area contributed by atoms with Crippen molar-refractivity contribution >= 4 is 23.5 Å². The number of amides is 1. The Morgan fingerprint density at radius 2 is 1.78 bits per heavy atom. The molecule has 1 aromatic carbocycles. The summed E-state index contributed by atoms with van der Waals surface area (Å²) in [5.74, 6) is -1.28. The minimum atomic E-state index is -1.22. The van der Waals surface area contributed by atoms with E-state index in [1.165, 1.54) is 25.8 Å². The Balaban J connectivity index is 2.77. The number of carboxylic acid groups (broad SMARTS) is 1. The molecular formula is C13H16ClNO3. The van der Waals surface area contributed by atoms with Crippen molar-refractivity contribution in [3.8, 4) is 0 Å². The highest BCUT2D eigenvalue weighted by Crippen LogP contribution is 2.15. The van der Waals surface area contributed by atoms with E-state index in [9.17, 15) is 9.59 Å². The van der Waals surface area contributed by atoms with Crippen molar-refractivity contribution < 1.29 is 14.7 Å². The molecule has 0 unspecified atom stereocenters. The Morgan fingerprint density at radius 1 is 1.28 bits per heavy atom. The van der Waals surface area contributed by atoms with Gasteiger partial charge in [-0.1, -0.05) is 23.7 Å². The molecule has 98 valence electrons. The van der Waals surface area contributed by atoms with Gasteiger partial charge in [0.2, 0.25) is 5.91 Å². The number of hydrogen-bond donors (Lipinski definition) is 1. The Kier molecular flexibility index (Phi) is 4.35. The Morgan fingerprint density at radius 3 is 2.22 bits per heavy atom. The average Bonchev–Trinajstić information content (AvgIpc) is 2.30. The van der Waals surface area contributed by atoms with Crippen LogP contribution in [0.2, 0.25) is 5.02 Å². The van der Waals surface area contributed by atoms with Crippen LogP contribution >= 0.6 is 11.6 Å². The SMILES string of the molecule is CN(C(=O)Cc1ccc(Cl)cc1)C(C)(C)C(=O)O. The lowest BCUT2D eigenvalue weighted by Gasteiger charge is -2.31. The summed E-state index contributed by atoms with van der Waals surface area (Å²) in [6.07, 6.45) is 0.157. The molecular weight excluding hydrogens is 254 g/mol. The second-order valence-electron chi connectivity index (χ2n) is 4.62. The van der Waals surface area contributed by atoms with Crippen LogP contribution in [0.5, 0.6) is 0 Å². The third kappa shape index (κ3) is 3.23. The van der Waals surface area contributed by atoms with Gasteiger partial charge in [0.1, 0.15) is 5.54 Å². The highest BCUT2D eigenvalue weighted by atomic mass is 35.5. The normalized spacial score (nSPS) is 11.1. The highest BCUT2D eigenvalue weighted by molar-refractivity contribution is 6.30. The van der Waals surface area contributed by atoms with Gasteiger partial charge >= 0.3 is 5.97 Å². The van der Waals surface area contributed by atoms with Crippen LogP contribution in [0, 0.1) is 0 Å². The maximum Gasteiger partial charge on any atom is 0.329 e. The average molecular weight is 270 g/mol. The number of benzene rings is 1. The van der Waals surface area contributed by atoms with E-state index in [1.54, 1.807) is 24.3 Å². The van der Waals surface area contributed by atoms with E-state index in [2.05, 4.69) is 0 Å². The van der Waals surface area contributed by atoms with Gasteiger partial charge in [-0.15, -0.1) is 0 Å². The number of halogens is 1. The van der Waals surface area contributed by atoms with E-state index in [1.807, 2.05) is 0 Å². The lowest BCUT2D eigenvalue weighted by atomic mass is 10.0. The maximum atomic E-state index is 12.0. The summed E-state index contributed by atoms with van der Waals surface area (Å²) in [4.78, 5) is 24.3. The number of aliphatic carboxylic acids is 1. The van der Waals surface area contributed by atoms with Crippen LogP contribution in [0.15, 0.2) is 24.3 Å². The molecule has 0 heterocycles. The Bertz CT molecular complexity index is 454. The number of carboxylic acids is 1. The number of carbonyl (C=O) groups is 2. The molecule has 0 atom stereocenters. The molecule has 1 amide bonds. The summed E-state index contributed by atoms with van der Waals surface area (Å²) in [6.45, 7) is 2.99. The summed E-state index contributed by atoms with van der Waals surface area (Å²) in [5, 5.41) is 9.65. The van der Waals surface area contributed by atoms with Gasteiger partial charge in [-0.25, -0.2) is 4.79 Å². The first-order valence-corrected chi connectivity index (χ1v) is 5.87. The van der Waals surface area contributed by atoms with E-state index in [0.717, 1.165) is 5.56 Å². The molecule has 5 heteroatoms. The zero-order valence-electron chi connectivity index (χ0n) is 10.6. The molecule has 18 heavy (non-hydrogen) atoms. The quantitative estimate of drug-likeness (QED) is 0.912. The second-order valence-corrected chi connectivity index (χ2v) is 5.06. The molecule has 1 N–H and O–H groups in total. The van der Waals surface area contributed by atoms with Crippen molar-refractivity contribution in [1.82, 2.24) is 4.90 Å². The summed E-state index contributed by atoms with van der Waals surface area (Å²) < 4.78 is 0. The van der Waals surface area contributed by atoms with Crippen LogP contribution in [-0.4, -0.2) is 34.5 Å². The lowest BCUT2D eigenvalue weighted by Crippen LogP contribution is -2.51. The number of likely N-dealkylation sites (N-methyl/N-ethyl adjacent to an activating group) is 1. The first-order valence-electron chi connectivity index (χ1n) is 5.49. The minimum absolute atomic E-state index is 0.157. The van der Waals surface area contributed by atoms with Crippen molar-refractivity contribution in [2.75, 3.05) is 7.05 Å². The predicted molar refractivity (Wildman–Crippen MR) is 69.6 cm³/mol. The van der Waals surface area contributed by atoms with Crippen molar-refractivity contribution in [1.29, 1.82) is 0 Å². The highest BCUT2D eigenvalue weighted by Gasteiger charge is 2.34. The Labute approximate surface area is 111 Å². The lowest BCUT2D eigenvalue weighted by molar-refractivity contribution is -0.155. The molecule has 0 bridgehead atoms. The van der Waals surface area contributed by atoms with Crippen molar-refractivity contribution in [3.63, 3.8) is 0 Å². The van der Waals surface area contributed by atoms with Gasteiger partial charge in [0.25, 0.3) is 0 Å². The topological polar surface area (TPSA) is 57.6 Å². The summed E-state index contributed by atoms with van der Waals surface area (Å²) in [6, 6.07) is 6.91. The van der Waals surface area contributed by atoms with Crippen LogP contribution in [0.4, 0.5) is 0 Å². The molecule has 1 rings (SSSR count). The van der Waals surface area contributed by atoms with Crippen LogP contribution in [-0.2, 0) is 16.0 Å². The number of rotatable bonds is 4. The third-order valence-corrected chi connectivity index (χ3v) is 3.26. The van der Waals surface area contributed by atoms with Gasteiger partial charge in [-0.3, -0.25) is 4.79 Å². The molecule has 0 aromatic heterocycles. The van der Waals surface area contributed by atoms with E-state index in [0.29, 0.717) is 5.02 Å². The number of carbonyl (C=O) groups excluding carboxylic acids is 1. The molecule has 0 fully saturated rings. The first kappa shape index (κ1) is 14.5. The van der Waals surface area contributed by atoms with E-state index >= 15 is 0 Å². The zero-order valence-corrected chi connectivity index (χ0v) is 11.4. The summed E-state index contributed by atoms with van der Waals surface area (Å²) in [5.41, 5.74) is -0.416. The molecule has 0 saturated heterocycles. The van der Waals surface area contributed by atoms with Crippen LogP contribution in [0.1, 0.15) is 19.4 Å².